The second kappa shape index (κ2) is 10.1. The van der Waals surface area contributed by atoms with Crippen LogP contribution in [0.5, 0.6) is 0 Å². The number of aromatic nitrogens is 3. The van der Waals surface area contributed by atoms with Gasteiger partial charge in [0.15, 0.2) is 11.0 Å². The van der Waals surface area contributed by atoms with E-state index < -0.39 is 0 Å². The summed E-state index contributed by atoms with van der Waals surface area (Å²) in [5.41, 5.74) is 3.20. The molecule has 8 heteroatoms. The predicted octanol–water partition coefficient (Wildman–Crippen LogP) is 5.30. The average Bonchev–Trinajstić information content (AvgIpc) is 3.45. The zero-order valence-corrected chi connectivity index (χ0v) is 19.4. The number of carbonyl (C=O) groups is 1. The molecule has 0 N–H and O–H groups in total. The summed E-state index contributed by atoms with van der Waals surface area (Å²) < 4.78 is 7.49. The quantitative estimate of drug-likeness (QED) is 0.330. The normalized spacial score (nSPS) is 11.0. The number of rotatable bonds is 8. The van der Waals surface area contributed by atoms with Gasteiger partial charge >= 0.3 is 0 Å². The second-order valence-corrected chi connectivity index (χ2v) is 8.82. The van der Waals surface area contributed by atoms with Crippen LogP contribution in [-0.2, 0) is 17.9 Å². The molecule has 32 heavy (non-hydrogen) atoms. The number of carbonyl (C=O) groups excluding carboxylic acids is 1. The van der Waals surface area contributed by atoms with Crippen LogP contribution in [0.15, 0.2) is 76.5 Å². The molecule has 0 fully saturated rings. The van der Waals surface area contributed by atoms with Crippen molar-refractivity contribution in [2.45, 2.75) is 25.2 Å². The minimum atomic E-state index is 0.0267. The fourth-order valence-electron chi connectivity index (χ4n) is 3.28. The van der Waals surface area contributed by atoms with Gasteiger partial charge in [-0.3, -0.25) is 9.36 Å². The van der Waals surface area contributed by atoms with Crippen molar-refractivity contribution in [3.05, 3.63) is 88.8 Å². The van der Waals surface area contributed by atoms with Crippen molar-refractivity contribution in [2.75, 3.05) is 12.8 Å². The van der Waals surface area contributed by atoms with E-state index in [1.807, 2.05) is 66.2 Å². The molecule has 0 saturated carbocycles. The topological polar surface area (TPSA) is 64.2 Å². The molecule has 4 aromatic rings. The standard InChI is InChI=1S/C24H23ClN4O2S/c1-17-6-3-4-7-19(17)14-28(2)22(30)16-32-24-27-26-23(18-9-11-20(25)12-10-18)29(24)15-21-8-5-13-31-21/h3-13H,14-16H2,1-2H3. The van der Waals surface area contributed by atoms with Crippen LogP contribution in [0.1, 0.15) is 16.9 Å². The summed E-state index contributed by atoms with van der Waals surface area (Å²) in [5.74, 6) is 1.77. The number of hydrogen-bond donors (Lipinski definition) is 0. The summed E-state index contributed by atoms with van der Waals surface area (Å²) in [4.78, 5) is 14.5. The summed E-state index contributed by atoms with van der Waals surface area (Å²) in [6.45, 7) is 3.09. The molecule has 0 saturated heterocycles. The molecule has 0 aliphatic heterocycles. The van der Waals surface area contributed by atoms with Crippen LogP contribution in [-0.4, -0.2) is 38.4 Å². The Labute approximate surface area is 196 Å². The Morgan fingerprint density at radius 1 is 1.09 bits per heavy atom. The first kappa shape index (κ1) is 22.2. The summed E-state index contributed by atoms with van der Waals surface area (Å²) in [7, 11) is 1.82. The van der Waals surface area contributed by atoms with Crippen LogP contribution in [0, 0.1) is 6.92 Å². The van der Waals surface area contributed by atoms with E-state index in [-0.39, 0.29) is 11.7 Å². The predicted molar refractivity (Wildman–Crippen MR) is 127 cm³/mol. The SMILES string of the molecule is Cc1ccccc1CN(C)C(=O)CSc1nnc(-c2ccc(Cl)cc2)n1Cc1ccco1. The minimum absolute atomic E-state index is 0.0267. The van der Waals surface area contributed by atoms with E-state index in [4.69, 9.17) is 16.0 Å². The molecule has 4 rings (SSSR count). The number of benzene rings is 2. The Bertz CT molecular complexity index is 1190. The molecule has 2 aromatic heterocycles. The Hall–Kier alpha value is -3.03. The third-order valence-corrected chi connectivity index (χ3v) is 6.34. The van der Waals surface area contributed by atoms with E-state index in [0.717, 1.165) is 16.9 Å². The number of furan rings is 1. The highest BCUT2D eigenvalue weighted by Gasteiger charge is 2.18. The van der Waals surface area contributed by atoms with Gasteiger partial charge in [0.25, 0.3) is 0 Å². The van der Waals surface area contributed by atoms with Gasteiger partial charge < -0.3 is 9.32 Å². The van der Waals surface area contributed by atoms with Gasteiger partial charge in [0, 0.05) is 24.2 Å². The van der Waals surface area contributed by atoms with Crippen molar-refractivity contribution in [2.24, 2.45) is 0 Å². The molecule has 2 aromatic carbocycles. The van der Waals surface area contributed by atoms with Crippen molar-refractivity contribution in [3.8, 4) is 11.4 Å². The fraction of sp³-hybridized carbons (Fsp3) is 0.208. The molecule has 0 atom stereocenters. The van der Waals surface area contributed by atoms with Gasteiger partial charge in [-0.2, -0.15) is 0 Å². The molecule has 6 nitrogen and oxygen atoms in total. The number of amides is 1. The smallest absolute Gasteiger partial charge is 0.233 e. The minimum Gasteiger partial charge on any atom is -0.467 e. The monoisotopic (exact) mass is 466 g/mol. The van der Waals surface area contributed by atoms with Gasteiger partial charge in [-0.05, 0) is 54.4 Å². The van der Waals surface area contributed by atoms with Crippen molar-refractivity contribution in [1.29, 1.82) is 0 Å². The highest BCUT2D eigenvalue weighted by Crippen LogP contribution is 2.26. The molecule has 2 heterocycles. The number of halogens is 1. The highest BCUT2D eigenvalue weighted by atomic mass is 35.5. The average molecular weight is 467 g/mol. The van der Waals surface area contributed by atoms with Gasteiger partial charge in [0.05, 0.1) is 18.6 Å². The third-order valence-electron chi connectivity index (χ3n) is 5.13. The zero-order chi connectivity index (χ0) is 22.5. The van der Waals surface area contributed by atoms with Crippen molar-refractivity contribution < 1.29 is 9.21 Å². The Kier molecular flexibility index (Phi) is 6.97. The van der Waals surface area contributed by atoms with Crippen LogP contribution < -0.4 is 0 Å². The van der Waals surface area contributed by atoms with Crippen LogP contribution in [0.2, 0.25) is 5.02 Å². The maximum Gasteiger partial charge on any atom is 0.233 e. The van der Waals surface area contributed by atoms with Crippen LogP contribution in [0.4, 0.5) is 0 Å². The van der Waals surface area contributed by atoms with E-state index in [1.165, 1.54) is 17.3 Å². The second-order valence-electron chi connectivity index (χ2n) is 7.44. The first-order chi connectivity index (χ1) is 15.5. The number of thioether (sulfide) groups is 1. The lowest BCUT2D eigenvalue weighted by Gasteiger charge is -2.18. The molecule has 164 valence electrons. The molecule has 0 bridgehead atoms. The lowest BCUT2D eigenvalue weighted by molar-refractivity contribution is -0.127. The summed E-state index contributed by atoms with van der Waals surface area (Å²) in [6.07, 6.45) is 1.64. The first-order valence-corrected chi connectivity index (χ1v) is 11.5. The molecule has 0 aliphatic carbocycles. The summed E-state index contributed by atoms with van der Waals surface area (Å²) in [5, 5.41) is 10.0. The fourth-order valence-corrected chi connectivity index (χ4v) is 4.28. The molecule has 0 spiro atoms. The van der Waals surface area contributed by atoms with Gasteiger partial charge in [0.1, 0.15) is 5.76 Å². The van der Waals surface area contributed by atoms with Crippen molar-refractivity contribution >= 4 is 29.3 Å². The van der Waals surface area contributed by atoms with Crippen molar-refractivity contribution in [1.82, 2.24) is 19.7 Å². The van der Waals surface area contributed by atoms with Crippen LogP contribution in [0.25, 0.3) is 11.4 Å². The van der Waals surface area contributed by atoms with E-state index in [1.54, 1.807) is 11.2 Å². The highest BCUT2D eigenvalue weighted by molar-refractivity contribution is 7.99. The van der Waals surface area contributed by atoms with Gasteiger partial charge in [-0.15, -0.1) is 10.2 Å². The molecule has 1 amide bonds. The maximum atomic E-state index is 12.8. The largest absolute Gasteiger partial charge is 0.467 e. The first-order valence-electron chi connectivity index (χ1n) is 10.1. The van der Waals surface area contributed by atoms with E-state index in [2.05, 4.69) is 23.2 Å². The Morgan fingerprint density at radius 3 is 2.59 bits per heavy atom. The number of hydrogen-bond acceptors (Lipinski definition) is 5. The van der Waals surface area contributed by atoms with E-state index in [9.17, 15) is 4.79 Å². The maximum absolute atomic E-state index is 12.8. The van der Waals surface area contributed by atoms with Gasteiger partial charge in [0.2, 0.25) is 5.91 Å². The molecule has 0 aliphatic rings. The molecule has 0 radical (unpaired) electrons. The zero-order valence-electron chi connectivity index (χ0n) is 17.9. The Balaban J connectivity index is 1.50. The third kappa shape index (κ3) is 5.23. The van der Waals surface area contributed by atoms with Crippen LogP contribution in [0.3, 0.4) is 0 Å². The summed E-state index contributed by atoms with van der Waals surface area (Å²) in [6, 6.07) is 19.3. The number of aryl methyl sites for hydroxylation is 1. The van der Waals surface area contributed by atoms with Crippen LogP contribution >= 0.6 is 23.4 Å². The van der Waals surface area contributed by atoms with E-state index >= 15 is 0 Å². The lowest BCUT2D eigenvalue weighted by Crippen LogP contribution is -2.28. The summed E-state index contributed by atoms with van der Waals surface area (Å²) >= 11 is 7.41. The van der Waals surface area contributed by atoms with Gasteiger partial charge in [-0.25, -0.2) is 0 Å². The lowest BCUT2D eigenvalue weighted by atomic mass is 10.1. The molecule has 0 unspecified atom stereocenters. The van der Waals surface area contributed by atoms with E-state index in [0.29, 0.717) is 29.1 Å². The van der Waals surface area contributed by atoms with Gasteiger partial charge in [-0.1, -0.05) is 47.6 Å². The number of nitrogens with zero attached hydrogens (tertiary/aromatic N) is 4. The molecular formula is C24H23ClN4O2S. The Morgan fingerprint density at radius 2 is 1.88 bits per heavy atom. The van der Waals surface area contributed by atoms with Crippen molar-refractivity contribution in [3.63, 3.8) is 0 Å². The molecular weight excluding hydrogens is 444 g/mol.